The second-order valence-corrected chi connectivity index (χ2v) is 8.97. The highest BCUT2D eigenvalue weighted by molar-refractivity contribution is 7.98. The number of benzene rings is 2. The molecule has 0 saturated carbocycles. The number of amides is 1. The molecule has 0 spiro atoms. The van der Waals surface area contributed by atoms with E-state index < -0.39 is 0 Å². The van der Waals surface area contributed by atoms with Crippen LogP contribution in [0.25, 0.3) is 5.69 Å². The molecule has 0 aliphatic carbocycles. The van der Waals surface area contributed by atoms with Crippen LogP contribution in [0.4, 0.5) is 10.8 Å². The first-order valence-electron chi connectivity index (χ1n) is 9.73. The number of rotatable bonds is 6. The van der Waals surface area contributed by atoms with Gasteiger partial charge in [0.15, 0.2) is 5.13 Å². The summed E-state index contributed by atoms with van der Waals surface area (Å²) in [6, 6.07) is 14.0. The van der Waals surface area contributed by atoms with Gasteiger partial charge in [0.2, 0.25) is 11.1 Å². The third-order valence-electron chi connectivity index (χ3n) is 4.93. The molecule has 0 unspecified atom stereocenters. The fraction of sp³-hybridized carbons (Fsp3) is 0.227. The quantitative estimate of drug-likeness (QED) is 0.384. The minimum Gasteiger partial charge on any atom is -0.274 e. The number of aromatic nitrogens is 5. The molecule has 158 valence electrons. The molecule has 0 N–H and O–H groups in total. The van der Waals surface area contributed by atoms with Crippen LogP contribution in [0, 0.1) is 20.8 Å². The van der Waals surface area contributed by atoms with Gasteiger partial charge in [0.05, 0.1) is 17.1 Å². The Morgan fingerprint density at radius 3 is 2.65 bits per heavy atom. The van der Waals surface area contributed by atoms with E-state index in [1.807, 2.05) is 68.6 Å². The second-order valence-electron chi connectivity index (χ2n) is 7.19. The van der Waals surface area contributed by atoms with Crippen molar-refractivity contribution >= 4 is 39.8 Å². The number of thiazole rings is 1. The van der Waals surface area contributed by atoms with Crippen molar-refractivity contribution in [1.82, 2.24) is 25.2 Å². The molecule has 1 amide bonds. The van der Waals surface area contributed by atoms with Crippen LogP contribution in [0.15, 0.2) is 53.0 Å². The van der Waals surface area contributed by atoms with Crippen LogP contribution in [0.2, 0.25) is 0 Å². The zero-order chi connectivity index (χ0) is 22.0. The van der Waals surface area contributed by atoms with Crippen molar-refractivity contribution in [2.45, 2.75) is 38.6 Å². The topological polar surface area (TPSA) is 76.8 Å². The van der Waals surface area contributed by atoms with Gasteiger partial charge < -0.3 is 0 Å². The number of hydrogen-bond donors (Lipinski definition) is 0. The molecule has 0 aliphatic rings. The van der Waals surface area contributed by atoms with E-state index >= 15 is 0 Å². The normalized spacial score (nSPS) is 11.0. The van der Waals surface area contributed by atoms with Gasteiger partial charge in [-0.15, -0.1) is 16.4 Å². The van der Waals surface area contributed by atoms with Crippen molar-refractivity contribution in [1.29, 1.82) is 0 Å². The Labute approximate surface area is 189 Å². The van der Waals surface area contributed by atoms with Crippen LogP contribution in [-0.2, 0) is 10.5 Å². The maximum Gasteiger partial charge on any atom is 0.230 e. The van der Waals surface area contributed by atoms with E-state index in [0.717, 1.165) is 28.2 Å². The number of nitrogens with zero attached hydrogens (tertiary/aromatic N) is 6. The highest BCUT2D eigenvalue weighted by atomic mass is 32.2. The Morgan fingerprint density at radius 2 is 1.90 bits per heavy atom. The highest BCUT2D eigenvalue weighted by Gasteiger charge is 2.20. The average Bonchev–Trinajstić information content (AvgIpc) is 3.40. The predicted molar refractivity (Wildman–Crippen MR) is 124 cm³/mol. The summed E-state index contributed by atoms with van der Waals surface area (Å²) < 4.78 is 1.72. The lowest BCUT2D eigenvalue weighted by Gasteiger charge is -2.21. The smallest absolute Gasteiger partial charge is 0.230 e. The summed E-state index contributed by atoms with van der Waals surface area (Å²) in [5.74, 6) is 0.534. The Balaban J connectivity index is 1.53. The van der Waals surface area contributed by atoms with E-state index in [-0.39, 0.29) is 5.91 Å². The molecular formula is C22H22N6OS2. The summed E-state index contributed by atoms with van der Waals surface area (Å²) in [6.45, 7) is 7.67. The fourth-order valence-corrected chi connectivity index (χ4v) is 4.87. The van der Waals surface area contributed by atoms with Crippen molar-refractivity contribution in [2.75, 3.05) is 4.90 Å². The lowest BCUT2D eigenvalue weighted by molar-refractivity contribution is -0.115. The minimum absolute atomic E-state index is 0.0643. The number of carbonyl (C=O) groups is 1. The SMILES string of the molecule is CC(=O)N(c1nc(CSc2nnnn2-c2ccc(C)cc2)cs1)c1cccc(C)c1C. The number of anilines is 2. The molecule has 0 aliphatic heterocycles. The number of aryl methyl sites for hydroxylation is 2. The van der Waals surface area contributed by atoms with Gasteiger partial charge in [0, 0.05) is 18.1 Å². The van der Waals surface area contributed by atoms with E-state index in [9.17, 15) is 4.79 Å². The second kappa shape index (κ2) is 8.99. The first-order valence-corrected chi connectivity index (χ1v) is 11.6. The minimum atomic E-state index is -0.0643. The largest absolute Gasteiger partial charge is 0.274 e. The maximum absolute atomic E-state index is 12.4. The molecule has 2 aromatic heterocycles. The molecule has 0 atom stereocenters. The third kappa shape index (κ3) is 4.52. The van der Waals surface area contributed by atoms with Crippen molar-refractivity contribution in [3.63, 3.8) is 0 Å². The Kier molecular flexibility index (Phi) is 6.15. The summed E-state index contributed by atoms with van der Waals surface area (Å²) in [6.07, 6.45) is 0. The van der Waals surface area contributed by atoms with Crippen molar-refractivity contribution < 1.29 is 4.79 Å². The molecule has 2 heterocycles. The summed E-state index contributed by atoms with van der Waals surface area (Å²) in [4.78, 5) is 18.8. The molecule has 9 heteroatoms. The van der Waals surface area contributed by atoms with E-state index in [0.29, 0.717) is 16.0 Å². The maximum atomic E-state index is 12.4. The van der Waals surface area contributed by atoms with Crippen LogP contribution in [-0.4, -0.2) is 31.1 Å². The molecule has 31 heavy (non-hydrogen) atoms. The summed E-state index contributed by atoms with van der Waals surface area (Å²) >= 11 is 2.97. The first-order chi connectivity index (χ1) is 14.9. The van der Waals surface area contributed by atoms with Gasteiger partial charge in [-0.3, -0.25) is 9.69 Å². The van der Waals surface area contributed by atoms with E-state index in [1.54, 1.807) is 16.5 Å². The van der Waals surface area contributed by atoms with Crippen molar-refractivity contribution in [2.24, 2.45) is 0 Å². The highest BCUT2D eigenvalue weighted by Crippen LogP contribution is 2.33. The molecule has 4 rings (SSSR count). The molecule has 0 saturated heterocycles. The standard InChI is InChI=1S/C22H22N6OS2/c1-14-8-10-19(11-9-14)28-22(24-25-26-28)31-13-18-12-30-21(23-18)27(17(4)29)20-7-5-6-15(2)16(20)3/h5-12H,13H2,1-4H3. The number of carbonyl (C=O) groups excluding carboxylic acids is 1. The lowest BCUT2D eigenvalue weighted by Crippen LogP contribution is -2.23. The van der Waals surface area contributed by atoms with E-state index in [2.05, 4.69) is 15.5 Å². The van der Waals surface area contributed by atoms with Gasteiger partial charge in [0.25, 0.3) is 0 Å². The van der Waals surface area contributed by atoms with Gasteiger partial charge in [-0.2, -0.15) is 4.68 Å². The predicted octanol–water partition coefficient (Wildman–Crippen LogP) is 5.02. The van der Waals surface area contributed by atoms with Crippen LogP contribution in [0.3, 0.4) is 0 Å². The molecule has 4 aromatic rings. The van der Waals surface area contributed by atoms with Crippen molar-refractivity contribution in [3.8, 4) is 5.69 Å². The third-order valence-corrected chi connectivity index (χ3v) is 6.76. The van der Waals surface area contributed by atoms with Crippen LogP contribution in [0.1, 0.15) is 29.3 Å². The average molecular weight is 451 g/mol. The van der Waals surface area contributed by atoms with Crippen LogP contribution >= 0.6 is 23.1 Å². The Bertz CT molecular complexity index is 1210. The van der Waals surface area contributed by atoms with Gasteiger partial charge >= 0.3 is 0 Å². The zero-order valence-corrected chi connectivity index (χ0v) is 19.4. The molecule has 0 radical (unpaired) electrons. The Hall–Kier alpha value is -3.04. The summed E-state index contributed by atoms with van der Waals surface area (Å²) in [7, 11) is 0. The van der Waals surface area contributed by atoms with E-state index in [1.165, 1.54) is 28.7 Å². The first kappa shape index (κ1) is 21.2. The molecule has 7 nitrogen and oxygen atoms in total. The summed E-state index contributed by atoms with van der Waals surface area (Å²) in [5, 5.41) is 15.4. The molecule has 2 aromatic carbocycles. The van der Waals surface area contributed by atoms with Crippen LogP contribution in [0.5, 0.6) is 0 Å². The van der Waals surface area contributed by atoms with Crippen LogP contribution < -0.4 is 4.90 Å². The van der Waals surface area contributed by atoms with Crippen molar-refractivity contribution in [3.05, 3.63) is 70.2 Å². The lowest BCUT2D eigenvalue weighted by atomic mass is 10.1. The van der Waals surface area contributed by atoms with Gasteiger partial charge in [-0.1, -0.05) is 41.6 Å². The number of thioether (sulfide) groups is 1. The fourth-order valence-electron chi connectivity index (χ4n) is 3.11. The number of tetrazole rings is 1. The molecular weight excluding hydrogens is 428 g/mol. The summed E-state index contributed by atoms with van der Waals surface area (Å²) in [5.41, 5.74) is 6.04. The van der Waals surface area contributed by atoms with Gasteiger partial charge in [-0.25, -0.2) is 4.98 Å². The zero-order valence-electron chi connectivity index (χ0n) is 17.7. The van der Waals surface area contributed by atoms with Gasteiger partial charge in [-0.05, 0) is 60.5 Å². The Morgan fingerprint density at radius 1 is 1.13 bits per heavy atom. The molecule has 0 fully saturated rings. The van der Waals surface area contributed by atoms with E-state index in [4.69, 9.17) is 4.98 Å². The van der Waals surface area contributed by atoms with Gasteiger partial charge in [0.1, 0.15) is 0 Å². The molecule has 0 bridgehead atoms. The monoisotopic (exact) mass is 450 g/mol. The number of hydrogen-bond acceptors (Lipinski definition) is 7.